The number of carbonyl (C=O) groups excluding carboxylic acids is 1. The topological polar surface area (TPSA) is 49.3 Å². The first-order chi connectivity index (χ1) is 8.00. The average molecular weight is 347 g/mol. The molecule has 0 spiro atoms. The summed E-state index contributed by atoms with van der Waals surface area (Å²) in [5, 5.41) is 12.0. The molecule has 0 aliphatic heterocycles. The Balaban J connectivity index is 2.77. The largest absolute Gasteiger partial charge is 0.396 e. The van der Waals surface area contributed by atoms with E-state index in [1.54, 1.807) is 6.07 Å². The molecule has 0 saturated heterocycles. The van der Waals surface area contributed by atoms with Gasteiger partial charge in [-0.2, -0.15) is 0 Å². The van der Waals surface area contributed by atoms with Crippen LogP contribution in [0, 0.1) is 3.57 Å². The van der Waals surface area contributed by atoms with Crippen molar-refractivity contribution in [2.75, 3.05) is 6.61 Å². The maximum Gasteiger partial charge on any atom is 0.251 e. The van der Waals surface area contributed by atoms with Crippen LogP contribution in [0.3, 0.4) is 0 Å². The first kappa shape index (κ1) is 14.4. The first-order valence-electron chi connectivity index (χ1n) is 5.69. The van der Waals surface area contributed by atoms with E-state index in [1.165, 1.54) is 0 Å². The summed E-state index contributed by atoms with van der Waals surface area (Å²) in [4.78, 5) is 12.1. The molecule has 1 unspecified atom stereocenters. The van der Waals surface area contributed by atoms with Crippen LogP contribution >= 0.6 is 22.6 Å². The van der Waals surface area contributed by atoms with Crippen molar-refractivity contribution in [1.82, 2.24) is 5.32 Å². The summed E-state index contributed by atoms with van der Waals surface area (Å²) < 4.78 is 1.04. The summed E-state index contributed by atoms with van der Waals surface area (Å²) in [6.45, 7) is 4.04. The van der Waals surface area contributed by atoms with Crippen LogP contribution < -0.4 is 5.32 Å². The highest BCUT2D eigenvalue weighted by molar-refractivity contribution is 14.1. The van der Waals surface area contributed by atoms with Crippen molar-refractivity contribution in [2.45, 2.75) is 32.2 Å². The fraction of sp³-hybridized carbons (Fsp3) is 0.462. The molecule has 0 bridgehead atoms. The maximum absolute atomic E-state index is 12.1. The van der Waals surface area contributed by atoms with Crippen LogP contribution in [-0.4, -0.2) is 23.2 Å². The lowest BCUT2D eigenvalue weighted by Gasteiger charge is -2.29. The van der Waals surface area contributed by atoms with E-state index in [9.17, 15) is 4.79 Å². The molecule has 1 aromatic carbocycles. The zero-order valence-electron chi connectivity index (χ0n) is 10.2. The molecule has 3 nitrogen and oxygen atoms in total. The minimum Gasteiger partial charge on any atom is -0.396 e. The highest BCUT2D eigenvalue weighted by atomic mass is 127. The van der Waals surface area contributed by atoms with E-state index >= 15 is 0 Å². The van der Waals surface area contributed by atoms with Crippen molar-refractivity contribution in [3.8, 4) is 0 Å². The molecule has 0 aromatic heterocycles. The molecule has 4 heteroatoms. The standard InChI is InChI=1S/C13H18INO2/c1-3-13(2,7-8-16)15-12(17)10-5-4-6-11(14)9-10/h4-6,9,16H,3,7-8H2,1-2H3,(H,15,17). The van der Waals surface area contributed by atoms with Crippen LogP contribution in [0.1, 0.15) is 37.0 Å². The number of benzene rings is 1. The van der Waals surface area contributed by atoms with Crippen LogP contribution in [0.4, 0.5) is 0 Å². The SMILES string of the molecule is CCC(C)(CCO)NC(=O)c1cccc(I)c1. The molecule has 0 fully saturated rings. The van der Waals surface area contributed by atoms with E-state index in [-0.39, 0.29) is 18.1 Å². The molecule has 1 rings (SSSR count). The molecular weight excluding hydrogens is 329 g/mol. The Morgan fingerprint density at radius 2 is 2.24 bits per heavy atom. The zero-order chi connectivity index (χ0) is 12.9. The van der Waals surface area contributed by atoms with Crippen molar-refractivity contribution in [3.05, 3.63) is 33.4 Å². The third-order valence-corrected chi connectivity index (χ3v) is 3.62. The number of aliphatic hydroxyl groups is 1. The Kier molecular flexibility index (Phi) is 5.39. The Hall–Kier alpha value is -0.620. The van der Waals surface area contributed by atoms with Gasteiger partial charge in [0, 0.05) is 21.3 Å². The second-order valence-corrected chi connectivity index (χ2v) is 5.60. The van der Waals surface area contributed by atoms with Gasteiger partial charge in [0.2, 0.25) is 0 Å². The number of halogens is 1. The van der Waals surface area contributed by atoms with Crippen molar-refractivity contribution in [2.24, 2.45) is 0 Å². The van der Waals surface area contributed by atoms with Gasteiger partial charge in [-0.15, -0.1) is 0 Å². The summed E-state index contributed by atoms with van der Waals surface area (Å²) in [6.07, 6.45) is 1.36. The maximum atomic E-state index is 12.1. The summed E-state index contributed by atoms with van der Waals surface area (Å²) in [7, 11) is 0. The van der Waals surface area contributed by atoms with Crippen molar-refractivity contribution >= 4 is 28.5 Å². The summed E-state index contributed by atoms with van der Waals surface area (Å²) >= 11 is 2.18. The predicted molar refractivity (Wildman–Crippen MR) is 77.0 cm³/mol. The Labute approximate surface area is 116 Å². The van der Waals surface area contributed by atoms with E-state index in [1.807, 2.05) is 32.0 Å². The third kappa shape index (κ3) is 4.27. The van der Waals surface area contributed by atoms with Gasteiger partial charge in [0.25, 0.3) is 5.91 Å². The number of hydrogen-bond donors (Lipinski definition) is 2. The highest BCUT2D eigenvalue weighted by Gasteiger charge is 2.24. The van der Waals surface area contributed by atoms with Gasteiger partial charge in [0.15, 0.2) is 0 Å². The quantitative estimate of drug-likeness (QED) is 0.805. The van der Waals surface area contributed by atoms with Crippen LogP contribution in [0.5, 0.6) is 0 Å². The summed E-state index contributed by atoms with van der Waals surface area (Å²) in [5.74, 6) is -0.0821. The molecule has 17 heavy (non-hydrogen) atoms. The van der Waals surface area contributed by atoms with Gasteiger partial charge >= 0.3 is 0 Å². The Morgan fingerprint density at radius 1 is 1.53 bits per heavy atom. The molecule has 0 aliphatic rings. The van der Waals surface area contributed by atoms with E-state index in [4.69, 9.17) is 5.11 Å². The third-order valence-electron chi connectivity index (χ3n) is 2.95. The molecule has 1 amide bonds. The molecule has 0 radical (unpaired) electrons. The number of aliphatic hydroxyl groups excluding tert-OH is 1. The van der Waals surface area contributed by atoms with Crippen LogP contribution in [0.25, 0.3) is 0 Å². The lowest BCUT2D eigenvalue weighted by atomic mass is 9.94. The van der Waals surface area contributed by atoms with Gasteiger partial charge in [0.1, 0.15) is 0 Å². The van der Waals surface area contributed by atoms with Crippen molar-refractivity contribution < 1.29 is 9.90 Å². The van der Waals surface area contributed by atoms with Gasteiger partial charge in [0.05, 0.1) is 0 Å². The fourth-order valence-corrected chi connectivity index (χ4v) is 2.09. The van der Waals surface area contributed by atoms with E-state index in [0.717, 1.165) is 9.99 Å². The zero-order valence-corrected chi connectivity index (χ0v) is 12.3. The van der Waals surface area contributed by atoms with Crippen LogP contribution in [-0.2, 0) is 0 Å². The molecule has 0 aliphatic carbocycles. The van der Waals surface area contributed by atoms with Gasteiger partial charge in [-0.1, -0.05) is 13.0 Å². The first-order valence-corrected chi connectivity index (χ1v) is 6.77. The van der Waals surface area contributed by atoms with Crippen molar-refractivity contribution in [1.29, 1.82) is 0 Å². The minimum absolute atomic E-state index is 0.0803. The smallest absolute Gasteiger partial charge is 0.251 e. The molecule has 2 N–H and O–H groups in total. The lowest BCUT2D eigenvalue weighted by molar-refractivity contribution is 0.0886. The van der Waals surface area contributed by atoms with Gasteiger partial charge in [-0.3, -0.25) is 4.79 Å². The Bertz CT molecular complexity index is 395. The molecule has 94 valence electrons. The van der Waals surface area contributed by atoms with Gasteiger partial charge in [-0.05, 0) is 60.6 Å². The number of carbonyl (C=O) groups is 1. The van der Waals surface area contributed by atoms with Gasteiger partial charge in [-0.25, -0.2) is 0 Å². The van der Waals surface area contributed by atoms with Gasteiger partial charge < -0.3 is 10.4 Å². The highest BCUT2D eigenvalue weighted by Crippen LogP contribution is 2.15. The average Bonchev–Trinajstić information content (AvgIpc) is 2.29. The molecule has 0 saturated carbocycles. The second kappa shape index (κ2) is 6.35. The predicted octanol–water partition coefficient (Wildman–Crippen LogP) is 2.57. The van der Waals surface area contributed by atoms with Crippen molar-refractivity contribution in [3.63, 3.8) is 0 Å². The second-order valence-electron chi connectivity index (χ2n) is 4.35. The number of amides is 1. The Morgan fingerprint density at radius 3 is 2.76 bits per heavy atom. The normalized spacial score (nSPS) is 14.1. The minimum atomic E-state index is -0.340. The van der Waals surface area contributed by atoms with E-state index < -0.39 is 0 Å². The van der Waals surface area contributed by atoms with E-state index in [2.05, 4.69) is 27.9 Å². The molecular formula is C13H18INO2. The fourth-order valence-electron chi connectivity index (χ4n) is 1.55. The monoisotopic (exact) mass is 347 g/mol. The molecule has 0 heterocycles. The van der Waals surface area contributed by atoms with Crippen LogP contribution in [0.15, 0.2) is 24.3 Å². The number of rotatable bonds is 5. The number of nitrogens with one attached hydrogen (secondary N) is 1. The number of hydrogen-bond acceptors (Lipinski definition) is 2. The van der Waals surface area contributed by atoms with Crippen LogP contribution in [0.2, 0.25) is 0 Å². The van der Waals surface area contributed by atoms with E-state index in [0.29, 0.717) is 12.0 Å². The molecule has 1 aromatic rings. The lowest BCUT2D eigenvalue weighted by Crippen LogP contribution is -2.46. The molecule has 1 atom stereocenters. The summed E-state index contributed by atoms with van der Waals surface area (Å²) in [6, 6.07) is 7.47. The summed E-state index contributed by atoms with van der Waals surface area (Å²) in [5.41, 5.74) is 0.321.